The summed E-state index contributed by atoms with van der Waals surface area (Å²) in [5.41, 5.74) is 2.46. The quantitative estimate of drug-likeness (QED) is 0.592. The van der Waals surface area contributed by atoms with E-state index in [1.54, 1.807) is 24.3 Å². The van der Waals surface area contributed by atoms with Gasteiger partial charge in [0.2, 0.25) is 0 Å². The number of rotatable bonds is 7. The highest BCUT2D eigenvalue weighted by Gasteiger charge is 2.27. The van der Waals surface area contributed by atoms with E-state index in [-0.39, 0.29) is 13.2 Å². The monoisotopic (exact) mass is 353 g/mol. The van der Waals surface area contributed by atoms with E-state index >= 15 is 0 Å². The van der Waals surface area contributed by atoms with Crippen LogP contribution in [0.25, 0.3) is 0 Å². The molecule has 0 saturated carbocycles. The van der Waals surface area contributed by atoms with Gasteiger partial charge < -0.3 is 4.74 Å². The predicted molar refractivity (Wildman–Crippen MR) is 87.7 cm³/mol. The van der Waals surface area contributed by atoms with Gasteiger partial charge in [-0.15, -0.1) is 0 Å². The van der Waals surface area contributed by atoms with Crippen molar-refractivity contribution in [1.29, 1.82) is 0 Å². The molecule has 0 aliphatic heterocycles. The Labute approximate surface area is 141 Å². The molecule has 5 nitrogen and oxygen atoms in total. The summed E-state index contributed by atoms with van der Waals surface area (Å²) in [5, 5.41) is 8.09. The highest BCUT2D eigenvalue weighted by Crippen LogP contribution is 2.22. The maximum atomic E-state index is 12.6. The fourth-order valence-corrected chi connectivity index (χ4v) is 3.54. The minimum atomic E-state index is -1.75. The lowest BCUT2D eigenvalue weighted by Crippen LogP contribution is -2.39. The Bertz CT molecular complexity index is 681. The Balaban J connectivity index is 2.07. The van der Waals surface area contributed by atoms with Crippen LogP contribution in [-0.2, 0) is 26.9 Å². The third-order valence-electron chi connectivity index (χ3n) is 3.10. The van der Waals surface area contributed by atoms with E-state index in [4.69, 9.17) is 21.5 Å². The topological polar surface area (TPSA) is 75.6 Å². The first-order chi connectivity index (χ1) is 11.1. The maximum absolute atomic E-state index is 12.6. The predicted octanol–water partition coefficient (Wildman–Crippen LogP) is 2.54. The summed E-state index contributed by atoms with van der Waals surface area (Å²) in [6.45, 7) is 0.162. The molecule has 0 bridgehead atoms. The first kappa shape index (κ1) is 17.6. The first-order valence-corrected chi connectivity index (χ1v) is 8.43. The summed E-state index contributed by atoms with van der Waals surface area (Å²) >= 11 is 6.01. The lowest BCUT2D eigenvalue weighted by molar-refractivity contribution is -0.129. The zero-order valence-corrected chi connectivity index (χ0v) is 13.7. The van der Waals surface area contributed by atoms with Crippen LogP contribution in [0, 0.1) is 0 Å². The SMILES string of the molecule is O=C(NO)C(COCc1ccccc1)S(=O)c1ccccc1Cl. The van der Waals surface area contributed by atoms with Gasteiger partial charge in [0.15, 0.2) is 0 Å². The minimum absolute atomic E-state index is 0.112. The molecule has 2 unspecified atom stereocenters. The number of carbonyl (C=O) groups is 1. The summed E-state index contributed by atoms with van der Waals surface area (Å²) < 4.78 is 18.1. The van der Waals surface area contributed by atoms with Crippen LogP contribution in [0.4, 0.5) is 0 Å². The van der Waals surface area contributed by atoms with E-state index in [0.29, 0.717) is 9.92 Å². The second-order valence-corrected chi connectivity index (χ2v) is 6.70. The van der Waals surface area contributed by atoms with Gasteiger partial charge in [-0.1, -0.05) is 54.1 Å². The molecule has 0 aliphatic carbocycles. The zero-order valence-electron chi connectivity index (χ0n) is 12.1. The smallest absolute Gasteiger partial charge is 0.261 e. The summed E-state index contributed by atoms with van der Waals surface area (Å²) in [7, 11) is -1.75. The number of hydroxylamine groups is 1. The summed E-state index contributed by atoms with van der Waals surface area (Å²) in [5.74, 6) is -0.781. The number of carbonyl (C=O) groups excluding carboxylic acids is 1. The molecule has 0 fully saturated rings. The van der Waals surface area contributed by atoms with Crippen molar-refractivity contribution in [2.75, 3.05) is 6.61 Å². The first-order valence-electron chi connectivity index (χ1n) is 6.84. The number of halogens is 1. The second kappa shape index (κ2) is 8.79. The van der Waals surface area contributed by atoms with Gasteiger partial charge in [-0.3, -0.25) is 14.2 Å². The maximum Gasteiger partial charge on any atom is 0.261 e. The lowest BCUT2D eigenvalue weighted by Gasteiger charge is -2.15. The molecule has 0 aliphatic rings. The Morgan fingerprint density at radius 1 is 1.17 bits per heavy atom. The van der Waals surface area contributed by atoms with Gasteiger partial charge in [0.25, 0.3) is 5.91 Å². The highest BCUT2D eigenvalue weighted by molar-refractivity contribution is 7.86. The van der Waals surface area contributed by atoms with E-state index < -0.39 is 22.0 Å². The third kappa shape index (κ3) is 4.87. The van der Waals surface area contributed by atoms with Crippen LogP contribution in [0.2, 0.25) is 5.02 Å². The van der Waals surface area contributed by atoms with Gasteiger partial charge in [0.05, 0.1) is 33.9 Å². The van der Waals surface area contributed by atoms with E-state index in [9.17, 15) is 9.00 Å². The molecule has 1 amide bonds. The van der Waals surface area contributed by atoms with Crippen molar-refractivity contribution in [3.63, 3.8) is 0 Å². The average molecular weight is 354 g/mol. The molecular formula is C16H16ClNO4S. The molecule has 0 spiro atoms. The average Bonchev–Trinajstić information content (AvgIpc) is 2.59. The fourth-order valence-electron chi connectivity index (χ4n) is 1.93. The third-order valence-corrected chi connectivity index (χ3v) is 5.19. The number of nitrogens with one attached hydrogen (secondary N) is 1. The van der Waals surface area contributed by atoms with E-state index in [0.717, 1.165) is 5.56 Å². The van der Waals surface area contributed by atoms with Gasteiger partial charge in [-0.25, -0.2) is 5.48 Å². The van der Waals surface area contributed by atoms with Gasteiger partial charge in [-0.2, -0.15) is 0 Å². The number of ether oxygens (including phenoxy) is 1. The normalized spacial score (nSPS) is 13.3. The molecule has 0 heterocycles. The van der Waals surface area contributed by atoms with E-state index in [1.165, 1.54) is 5.48 Å². The van der Waals surface area contributed by atoms with Crippen LogP contribution in [-0.4, -0.2) is 27.2 Å². The molecular weight excluding hydrogens is 338 g/mol. The van der Waals surface area contributed by atoms with Crippen LogP contribution in [0.15, 0.2) is 59.5 Å². The van der Waals surface area contributed by atoms with Crippen LogP contribution < -0.4 is 5.48 Å². The molecule has 122 valence electrons. The van der Waals surface area contributed by atoms with Crippen molar-refractivity contribution >= 4 is 28.3 Å². The zero-order chi connectivity index (χ0) is 16.7. The number of benzene rings is 2. The summed E-state index contributed by atoms with van der Waals surface area (Å²) in [6, 6.07) is 15.9. The van der Waals surface area contributed by atoms with E-state index in [1.807, 2.05) is 30.3 Å². The molecule has 0 radical (unpaired) electrons. The van der Waals surface area contributed by atoms with Crippen LogP contribution in [0.5, 0.6) is 0 Å². The van der Waals surface area contributed by atoms with Gasteiger partial charge in [-0.05, 0) is 17.7 Å². The Hall–Kier alpha value is -1.73. The molecule has 2 N–H and O–H groups in total. The van der Waals surface area contributed by atoms with Crippen LogP contribution in [0.3, 0.4) is 0 Å². The summed E-state index contributed by atoms with van der Waals surface area (Å²) in [4.78, 5) is 12.1. The van der Waals surface area contributed by atoms with Gasteiger partial charge >= 0.3 is 0 Å². The Morgan fingerprint density at radius 3 is 2.48 bits per heavy atom. The molecule has 2 atom stereocenters. The molecule has 2 aromatic rings. The van der Waals surface area contributed by atoms with Crippen molar-refractivity contribution in [3.05, 3.63) is 65.2 Å². The van der Waals surface area contributed by atoms with Gasteiger partial charge in [0, 0.05) is 0 Å². The number of hydrogen-bond acceptors (Lipinski definition) is 4. The molecule has 2 aromatic carbocycles. The van der Waals surface area contributed by atoms with Crippen molar-refractivity contribution in [1.82, 2.24) is 5.48 Å². The van der Waals surface area contributed by atoms with Crippen molar-refractivity contribution in [3.8, 4) is 0 Å². The standard InChI is InChI=1S/C16H16ClNO4S/c17-13-8-4-5-9-14(13)23(21)15(16(19)18-20)11-22-10-12-6-2-1-3-7-12/h1-9,15,20H,10-11H2,(H,18,19). The van der Waals surface area contributed by atoms with Gasteiger partial charge in [0.1, 0.15) is 5.25 Å². The second-order valence-electron chi connectivity index (χ2n) is 4.69. The van der Waals surface area contributed by atoms with E-state index in [2.05, 4.69) is 0 Å². The van der Waals surface area contributed by atoms with Crippen molar-refractivity contribution in [2.24, 2.45) is 0 Å². The summed E-state index contributed by atoms with van der Waals surface area (Å²) in [6.07, 6.45) is 0. The van der Waals surface area contributed by atoms with Crippen molar-refractivity contribution < 1.29 is 18.9 Å². The number of hydrogen-bond donors (Lipinski definition) is 2. The van der Waals surface area contributed by atoms with Crippen molar-refractivity contribution in [2.45, 2.75) is 16.8 Å². The minimum Gasteiger partial charge on any atom is -0.375 e. The largest absolute Gasteiger partial charge is 0.375 e. The molecule has 2 rings (SSSR count). The highest BCUT2D eigenvalue weighted by atomic mass is 35.5. The molecule has 23 heavy (non-hydrogen) atoms. The van der Waals surface area contributed by atoms with Crippen LogP contribution in [0.1, 0.15) is 5.56 Å². The molecule has 0 aromatic heterocycles. The molecule has 0 saturated heterocycles. The van der Waals surface area contributed by atoms with Crippen LogP contribution >= 0.6 is 11.6 Å². The fraction of sp³-hybridized carbons (Fsp3) is 0.188. The number of amides is 1. The molecule has 7 heteroatoms. The Morgan fingerprint density at radius 2 is 1.83 bits per heavy atom. The Kier molecular flexibility index (Phi) is 6.73. The lowest BCUT2D eigenvalue weighted by atomic mass is 10.2.